The van der Waals surface area contributed by atoms with E-state index in [-0.39, 0.29) is 11.3 Å². The van der Waals surface area contributed by atoms with Gasteiger partial charge in [0.05, 0.1) is 6.21 Å². The first-order chi connectivity index (χ1) is 12.0. The van der Waals surface area contributed by atoms with Crippen molar-refractivity contribution in [1.29, 1.82) is 0 Å². The lowest BCUT2D eigenvalue weighted by Crippen LogP contribution is -2.17. The number of aromatic hydroxyl groups is 1. The molecule has 0 aliphatic carbocycles. The van der Waals surface area contributed by atoms with Gasteiger partial charge in [0.1, 0.15) is 28.9 Å². The predicted octanol–water partition coefficient (Wildman–Crippen LogP) is 3.37. The standard InChI is InChI=1S/C17H10BrFN4O2/c18-10-1-4-14(24)9(5-10)7-21-23-8-20-15-12-6-11(19)2-3-13(12)22-16(15)17(23)25/h1-8,22,24H/b21-7+. The Labute approximate surface area is 148 Å². The molecule has 4 rings (SSSR count). The van der Waals surface area contributed by atoms with E-state index in [0.29, 0.717) is 22.0 Å². The van der Waals surface area contributed by atoms with Gasteiger partial charge in [0.15, 0.2) is 0 Å². The minimum Gasteiger partial charge on any atom is -0.507 e. The first-order valence-electron chi connectivity index (χ1n) is 7.24. The highest BCUT2D eigenvalue weighted by Gasteiger charge is 2.11. The van der Waals surface area contributed by atoms with Crippen molar-refractivity contribution in [1.82, 2.24) is 14.6 Å². The summed E-state index contributed by atoms with van der Waals surface area (Å²) in [5.74, 6) is -0.363. The molecule has 0 aliphatic rings. The van der Waals surface area contributed by atoms with Gasteiger partial charge in [-0.05, 0) is 36.4 Å². The van der Waals surface area contributed by atoms with Crippen LogP contribution in [0.25, 0.3) is 21.9 Å². The Kier molecular flexibility index (Phi) is 3.61. The number of halogens is 2. The average Bonchev–Trinajstić information content (AvgIpc) is 2.96. The van der Waals surface area contributed by atoms with Gasteiger partial charge >= 0.3 is 0 Å². The van der Waals surface area contributed by atoms with Gasteiger partial charge < -0.3 is 10.1 Å². The van der Waals surface area contributed by atoms with Crippen LogP contribution in [-0.4, -0.2) is 26.0 Å². The average molecular weight is 401 g/mol. The van der Waals surface area contributed by atoms with E-state index in [1.165, 1.54) is 30.7 Å². The number of fused-ring (bicyclic) bond motifs is 3. The molecular weight excluding hydrogens is 391 g/mol. The summed E-state index contributed by atoms with van der Waals surface area (Å²) in [6, 6.07) is 9.07. The second-order valence-corrected chi connectivity index (χ2v) is 6.30. The van der Waals surface area contributed by atoms with Gasteiger partial charge in [0.2, 0.25) is 0 Å². The molecule has 2 N–H and O–H groups in total. The van der Waals surface area contributed by atoms with Crippen LogP contribution in [0.4, 0.5) is 4.39 Å². The molecule has 2 aromatic heterocycles. The maximum absolute atomic E-state index is 13.4. The monoisotopic (exact) mass is 400 g/mol. The minimum atomic E-state index is -0.424. The van der Waals surface area contributed by atoms with E-state index in [1.54, 1.807) is 18.2 Å². The third-order valence-electron chi connectivity index (χ3n) is 3.76. The van der Waals surface area contributed by atoms with Crippen LogP contribution in [-0.2, 0) is 0 Å². The zero-order chi connectivity index (χ0) is 17.6. The Morgan fingerprint density at radius 2 is 2.12 bits per heavy atom. The number of benzene rings is 2. The Morgan fingerprint density at radius 3 is 2.96 bits per heavy atom. The third kappa shape index (κ3) is 2.70. The Morgan fingerprint density at radius 1 is 1.28 bits per heavy atom. The number of hydrogen-bond donors (Lipinski definition) is 2. The highest BCUT2D eigenvalue weighted by atomic mass is 79.9. The van der Waals surface area contributed by atoms with Gasteiger partial charge in [-0.15, -0.1) is 0 Å². The molecular formula is C17H10BrFN4O2. The Hall–Kier alpha value is -3.00. The van der Waals surface area contributed by atoms with Gasteiger partial charge in [0.25, 0.3) is 5.56 Å². The van der Waals surface area contributed by atoms with Crippen LogP contribution in [0, 0.1) is 5.82 Å². The number of aromatic amines is 1. The van der Waals surface area contributed by atoms with E-state index in [1.807, 2.05) is 0 Å². The van der Waals surface area contributed by atoms with Crippen molar-refractivity contribution in [3.63, 3.8) is 0 Å². The van der Waals surface area contributed by atoms with Crippen LogP contribution in [0.1, 0.15) is 5.56 Å². The van der Waals surface area contributed by atoms with Crippen LogP contribution in [0.2, 0.25) is 0 Å². The number of hydrogen-bond acceptors (Lipinski definition) is 4. The molecule has 2 aromatic carbocycles. The fourth-order valence-electron chi connectivity index (χ4n) is 2.55. The largest absolute Gasteiger partial charge is 0.507 e. The van der Waals surface area contributed by atoms with E-state index in [2.05, 4.69) is 31.0 Å². The molecule has 0 spiro atoms. The smallest absolute Gasteiger partial charge is 0.298 e. The van der Waals surface area contributed by atoms with E-state index < -0.39 is 11.4 Å². The number of nitrogens with zero attached hydrogens (tertiary/aromatic N) is 3. The number of aromatic nitrogens is 3. The van der Waals surface area contributed by atoms with Crippen LogP contribution in [0.15, 0.2) is 57.1 Å². The van der Waals surface area contributed by atoms with Crippen molar-refractivity contribution < 1.29 is 9.50 Å². The summed E-state index contributed by atoms with van der Waals surface area (Å²) in [6.45, 7) is 0. The molecule has 0 saturated heterocycles. The molecule has 0 aliphatic heterocycles. The van der Waals surface area contributed by atoms with Gasteiger partial charge in [-0.3, -0.25) is 4.79 Å². The first-order valence-corrected chi connectivity index (χ1v) is 8.04. The van der Waals surface area contributed by atoms with Crippen LogP contribution in [0.5, 0.6) is 5.75 Å². The summed E-state index contributed by atoms with van der Waals surface area (Å²) in [5.41, 5.74) is 1.26. The molecule has 4 aromatic rings. The Bertz CT molecular complexity index is 1210. The lowest BCUT2D eigenvalue weighted by atomic mass is 10.2. The van der Waals surface area contributed by atoms with E-state index in [0.717, 1.165) is 9.15 Å². The maximum Gasteiger partial charge on any atom is 0.298 e. The fourth-order valence-corrected chi connectivity index (χ4v) is 2.93. The second-order valence-electron chi connectivity index (χ2n) is 5.38. The SMILES string of the molecule is O=c1c2[nH]c3ccc(F)cc3c2ncn1/N=C/c1cc(Br)ccc1O. The highest BCUT2D eigenvalue weighted by molar-refractivity contribution is 9.10. The molecule has 6 nitrogen and oxygen atoms in total. The molecule has 25 heavy (non-hydrogen) atoms. The molecule has 0 radical (unpaired) electrons. The summed E-state index contributed by atoms with van der Waals surface area (Å²) in [5, 5.41) is 14.4. The zero-order valence-corrected chi connectivity index (χ0v) is 14.2. The van der Waals surface area contributed by atoms with Crippen molar-refractivity contribution in [2.75, 3.05) is 0 Å². The minimum absolute atomic E-state index is 0.0372. The van der Waals surface area contributed by atoms with E-state index in [4.69, 9.17) is 0 Å². The van der Waals surface area contributed by atoms with Crippen LogP contribution >= 0.6 is 15.9 Å². The molecule has 8 heteroatoms. The summed E-state index contributed by atoms with van der Waals surface area (Å²) in [4.78, 5) is 19.7. The normalized spacial score (nSPS) is 11.8. The summed E-state index contributed by atoms with van der Waals surface area (Å²) >= 11 is 3.31. The third-order valence-corrected chi connectivity index (χ3v) is 4.26. The topological polar surface area (TPSA) is 83.3 Å². The fraction of sp³-hybridized carbons (Fsp3) is 0. The van der Waals surface area contributed by atoms with E-state index in [9.17, 15) is 14.3 Å². The van der Waals surface area contributed by atoms with Gasteiger partial charge in [-0.25, -0.2) is 9.37 Å². The molecule has 0 bridgehead atoms. The van der Waals surface area contributed by atoms with Crippen LogP contribution < -0.4 is 5.56 Å². The van der Waals surface area contributed by atoms with E-state index >= 15 is 0 Å². The van der Waals surface area contributed by atoms with Crippen molar-refractivity contribution in [3.8, 4) is 5.75 Å². The first kappa shape index (κ1) is 15.5. The number of phenols is 1. The number of nitrogens with one attached hydrogen (secondary N) is 1. The van der Waals surface area contributed by atoms with Gasteiger partial charge in [-0.2, -0.15) is 9.78 Å². The van der Waals surface area contributed by atoms with Crippen molar-refractivity contribution in [2.24, 2.45) is 5.10 Å². The predicted molar refractivity (Wildman–Crippen MR) is 96.6 cm³/mol. The number of H-pyrrole nitrogens is 1. The lowest BCUT2D eigenvalue weighted by molar-refractivity contribution is 0.474. The maximum atomic E-state index is 13.4. The number of rotatable bonds is 2. The molecule has 0 saturated carbocycles. The molecule has 2 heterocycles. The van der Waals surface area contributed by atoms with Crippen molar-refractivity contribution >= 4 is 44.1 Å². The molecule has 0 amide bonds. The second kappa shape index (κ2) is 5.82. The van der Waals surface area contributed by atoms with Crippen molar-refractivity contribution in [2.45, 2.75) is 0 Å². The molecule has 124 valence electrons. The quantitative estimate of drug-likeness (QED) is 0.506. The number of phenolic OH excluding ortho intramolecular Hbond substituents is 1. The summed E-state index contributed by atoms with van der Waals surface area (Å²) in [6.07, 6.45) is 2.62. The zero-order valence-electron chi connectivity index (χ0n) is 12.6. The van der Waals surface area contributed by atoms with Gasteiger partial charge in [-0.1, -0.05) is 15.9 Å². The van der Waals surface area contributed by atoms with Crippen LogP contribution in [0.3, 0.4) is 0 Å². The Balaban J connectivity index is 1.84. The molecule has 0 fully saturated rings. The summed E-state index contributed by atoms with van der Waals surface area (Å²) < 4.78 is 15.2. The van der Waals surface area contributed by atoms with Crippen molar-refractivity contribution in [3.05, 3.63) is 68.9 Å². The van der Waals surface area contributed by atoms with Gasteiger partial charge in [0, 0.05) is 20.9 Å². The molecule has 0 unspecified atom stereocenters. The summed E-state index contributed by atoms with van der Waals surface area (Å²) in [7, 11) is 0. The lowest BCUT2D eigenvalue weighted by Gasteiger charge is -2.00. The highest BCUT2D eigenvalue weighted by Crippen LogP contribution is 2.22. The molecule has 0 atom stereocenters.